The maximum atomic E-state index is 9.63. The summed E-state index contributed by atoms with van der Waals surface area (Å²) in [5, 5.41) is 13.9. The van der Waals surface area contributed by atoms with Gasteiger partial charge in [0.05, 0.1) is 6.10 Å². The largest absolute Gasteiger partial charge is 0.393 e. The number of likely N-dealkylation sites (tertiary alicyclic amines) is 1. The number of rotatable bonds is 5. The minimum atomic E-state index is -0.123. The highest BCUT2D eigenvalue weighted by molar-refractivity contribution is 6.30. The molecule has 3 nitrogen and oxygen atoms in total. The Bertz CT molecular complexity index is 639. The van der Waals surface area contributed by atoms with Crippen LogP contribution in [-0.2, 0) is 13.1 Å². The Labute approximate surface area is 142 Å². The third-order valence-corrected chi connectivity index (χ3v) is 4.58. The molecule has 23 heavy (non-hydrogen) atoms. The van der Waals surface area contributed by atoms with Crippen molar-refractivity contribution < 1.29 is 5.11 Å². The van der Waals surface area contributed by atoms with E-state index in [1.54, 1.807) is 0 Å². The number of para-hydroxylation sites is 1. The van der Waals surface area contributed by atoms with Crippen molar-refractivity contribution in [2.75, 3.05) is 18.4 Å². The van der Waals surface area contributed by atoms with E-state index in [2.05, 4.69) is 40.5 Å². The first-order chi connectivity index (χ1) is 11.2. The molecule has 1 fully saturated rings. The molecule has 1 aliphatic rings. The Kier molecular flexibility index (Phi) is 5.55. The van der Waals surface area contributed by atoms with Gasteiger partial charge in [0.2, 0.25) is 0 Å². The summed E-state index contributed by atoms with van der Waals surface area (Å²) in [6.07, 6.45) is 1.62. The molecule has 4 heteroatoms. The van der Waals surface area contributed by atoms with Gasteiger partial charge >= 0.3 is 0 Å². The molecule has 0 aliphatic carbocycles. The Morgan fingerprint density at radius 1 is 1.09 bits per heavy atom. The molecule has 0 saturated carbocycles. The molecule has 1 heterocycles. The SMILES string of the molecule is OC1CCN(Cc2ccccc2NCc2cccc(Cl)c2)CC1. The Morgan fingerprint density at radius 3 is 2.65 bits per heavy atom. The van der Waals surface area contributed by atoms with Gasteiger partial charge in [-0.1, -0.05) is 41.9 Å². The highest BCUT2D eigenvalue weighted by Crippen LogP contribution is 2.21. The van der Waals surface area contributed by atoms with Gasteiger partial charge in [-0.15, -0.1) is 0 Å². The lowest BCUT2D eigenvalue weighted by molar-refractivity contribution is 0.0793. The summed E-state index contributed by atoms with van der Waals surface area (Å²) >= 11 is 6.04. The molecule has 0 radical (unpaired) electrons. The molecule has 0 aromatic heterocycles. The van der Waals surface area contributed by atoms with E-state index in [1.807, 2.05) is 18.2 Å². The lowest BCUT2D eigenvalue weighted by Crippen LogP contribution is -2.35. The average molecular weight is 331 g/mol. The second-order valence-electron chi connectivity index (χ2n) is 6.15. The lowest BCUT2D eigenvalue weighted by atomic mass is 10.1. The van der Waals surface area contributed by atoms with E-state index in [0.717, 1.165) is 44.0 Å². The number of nitrogens with zero attached hydrogens (tertiary/aromatic N) is 1. The molecule has 3 rings (SSSR count). The quantitative estimate of drug-likeness (QED) is 0.872. The fourth-order valence-corrected chi connectivity index (χ4v) is 3.21. The number of nitrogens with one attached hydrogen (secondary N) is 1. The van der Waals surface area contributed by atoms with E-state index in [0.29, 0.717) is 0 Å². The summed E-state index contributed by atoms with van der Waals surface area (Å²) < 4.78 is 0. The van der Waals surface area contributed by atoms with Gasteiger partial charge in [-0.3, -0.25) is 4.90 Å². The maximum absolute atomic E-state index is 9.63. The van der Waals surface area contributed by atoms with Gasteiger partial charge in [0.1, 0.15) is 0 Å². The molecule has 1 saturated heterocycles. The molecule has 122 valence electrons. The summed E-state index contributed by atoms with van der Waals surface area (Å²) in [6, 6.07) is 16.4. The fourth-order valence-electron chi connectivity index (χ4n) is 2.99. The van der Waals surface area contributed by atoms with E-state index in [-0.39, 0.29) is 6.10 Å². The van der Waals surface area contributed by atoms with Crippen molar-refractivity contribution in [2.24, 2.45) is 0 Å². The Morgan fingerprint density at radius 2 is 1.87 bits per heavy atom. The zero-order valence-corrected chi connectivity index (χ0v) is 14.0. The van der Waals surface area contributed by atoms with Crippen LogP contribution < -0.4 is 5.32 Å². The van der Waals surface area contributed by atoms with Crippen LogP contribution in [0, 0.1) is 0 Å². The smallest absolute Gasteiger partial charge is 0.0564 e. The van der Waals surface area contributed by atoms with Crippen LogP contribution in [0.1, 0.15) is 24.0 Å². The highest BCUT2D eigenvalue weighted by atomic mass is 35.5. The van der Waals surface area contributed by atoms with Crippen LogP contribution in [0.25, 0.3) is 0 Å². The van der Waals surface area contributed by atoms with Crippen molar-refractivity contribution in [2.45, 2.75) is 32.0 Å². The minimum Gasteiger partial charge on any atom is -0.393 e. The number of hydrogen-bond donors (Lipinski definition) is 2. The second kappa shape index (κ2) is 7.82. The van der Waals surface area contributed by atoms with Crippen molar-refractivity contribution in [3.63, 3.8) is 0 Å². The number of anilines is 1. The summed E-state index contributed by atoms with van der Waals surface area (Å²) in [7, 11) is 0. The van der Waals surface area contributed by atoms with Crippen LogP contribution in [0.2, 0.25) is 5.02 Å². The number of benzene rings is 2. The van der Waals surface area contributed by atoms with Crippen molar-refractivity contribution in [3.05, 3.63) is 64.7 Å². The predicted molar refractivity (Wildman–Crippen MR) is 95.7 cm³/mol. The van der Waals surface area contributed by atoms with Gasteiger partial charge in [-0.05, 0) is 42.2 Å². The molecular weight excluding hydrogens is 308 g/mol. The highest BCUT2D eigenvalue weighted by Gasteiger charge is 2.17. The van der Waals surface area contributed by atoms with E-state index >= 15 is 0 Å². The van der Waals surface area contributed by atoms with E-state index in [4.69, 9.17) is 11.6 Å². The van der Waals surface area contributed by atoms with Crippen LogP contribution in [-0.4, -0.2) is 29.2 Å². The van der Waals surface area contributed by atoms with E-state index in [9.17, 15) is 5.11 Å². The van der Waals surface area contributed by atoms with Gasteiger partial charge in [0.25, 0.3) is 0 Å². The van der Waals surface area contributed by atoms with Gasteiger partial charge in [-0.2, -0.15) is 0 Å². The molecular formula is C19H23ClN2O. The Hall–Kier alpha value is -1.55. The third kappa shape index (κ3) is 4.71. The summed E-state index contributed by atoms with van der Waals surface area (Å²) in [4.78, 5) is 2.41. The van der Waals surface area contributed by atoms with Crippen LogP contribution in [0.5, 0.6) is 0 Å². The molecule has 2 aromatic carbocycles. The number of hydrogen-bond acceptors (Lipinski definition) is 3. The second-order valence-corrected chi connectivity index (χ2v) is 6.58. The van der Waals surface area contributed by atoms with Crippen molar-refractivity contribution in [1.82, 2.24) is 4.90 Å². The molecule has 0 unspecified atom stereocenters. The summed E-state index contributed by atoms with van der Waals surface area (Å²) in [5.41, 5.74) is 3.64. The van der Waals surface area contributed by atoms with Gasteiger partial charge in [-0.25, -0.2) is 0 Å². The molecule has 2 N–H and O–H groups in total. The predicted octanol–water partition coefficient (Wildman–Crippen LogP) is 3.91. The zero-order chi connectivity index (χ0) is 16.1. The molecule has 0 bridgehead atoms. The maximum Gasteiger partial charge on any atom is 0.0564 e. The van der Waals surface area contributed by atoms with Crippen LogP contribution in [0.4, 0.5) is 5.69 Å². The first kappa shape index (κ1) is 16.3. The van der Waals surface area contributed by atoms with Crippen LogP contribution in [0.3, 0.4) is 0 Å². The minimum absolute atomic E-state index is 0.123. The third-order valence-electron chi connectivity index (χ3n) is 4.34. The number of aliphatic hydroxyl groups is 1. The standard InChI is InChI=1S/C19H23ClN2O/c20-17-6-3-4-15(12-17)13-21-19-7-2-1-5-16(19)14-22-10-8-18(23)9-11-22/h1-7,12,18,21,23H,8-11,13-14H2. The Balaban J connectivity index is 1.63. The monoisotopic (exact) mass is 330 g/mol. The molecule has 0 amide bonds. The molecule has 0 atom stereocenters. The van der Waals surface area contributed by atoms with Gasteiger partial charge < -0.3 is 10.4 Å². The van der Waals surface area contributed by atoms with E-state index < -0.39 is 0 Å². The normalized spacial score (nSPS) is 16.4. The van der Waals surface area contributed by atoms with Gasteiger partial charge in [0, 0.05) is 36.9 Å². The van der Waals surface area contributed by atoms with Crippen molar-refractivity contribution in [3.8, 4) is 0 Å². The first-order valence-corrected chi connectivity index (χ1v) is 8.55. The van der Waals surface area contributed by atoms with Crippen molar-refractivity contribution in [1.29, 1.82) is 0 Å². The van der Waals surface area contributed by atoms with Crippen LogP contribution in [0.15, 0.2) is 48.5 Å². The zero-order valence-electron chi connectivity index (χ0n) is 13.2. The molecule has 0 spiro atoms. The van der Waals surface area contributed by atoms with Crippen molar-refractivity contribution >= 4 is 17.3 Å². The number of halogens is 1. The molecule has 2 aromatic rings. The summed E-state index contributed by atoms with van der Waals surface area (Å²) in [6.45, 7) is 3.61. The van der Waals surface area contributed by atoms with Gasteiger partial charge in [0.15, 0.2) is 0 Å². The average Bonchev–Trinajstić information content (AvgIpc) is 2.56. The van der Waals surface area contributed by atoms with E-state index in [1.165, 1.54) is 16.8 Å². The number of aliphatic hydroxyl groups excluding tert-OH is 1. The van der Waals surface area contributed by atoms with Crippen LogP contribution >= 0.6 is 11.6 Å². The lowest BCUT2D eigenvalue weighted by Gasteiger charge is -2.30. The summed E-state index contributed by atoms with van der Waals surface area (Å²) in [5.74, 6) is 0. The first-order valence-electron chi connectivity index (χ1n) is 8.17. The number of piperidine rings is 1. The molecule has 1 aliphatic heterocycles. The topological polar surface area (TPSA) is 35.5 Å². The fraction of sp³-hybridized carbons (Fsp3) is 0.368.